The predicted octanol–water partition coefficient (Wildman–Crippen LogP) is 13.7. The fourth-order valence-electron chi connectivity index (χ4n) is 2.89. The lowest BCUT2D eigenvalue weighted by atomic mass is 9.71. The molecule has 0 atom stereocenters. The van der Waals surface area contributed by atoms with Crippen molar-refractivity contribution in [3.05, 3.63) is 60.2 Å². The van der Waals surface area contributed by atoms with Crippen molar-refractivity contribution in [1.29, 1.82) is 0 Å². The summed E-state index contributed by atoms with van der Waals surface area (Å²) in [5.41, 5.74) is 4.07. The second kappa shape index (κ2) is 27.3. The molecule has 0 aromatic heterocycles. The van der Waals surface area contributed by atoms with Gasteiger partial charge in [0.15, 0.2) is 0 Å². The summed E-state index contributed by atoms with van der Waals surface area (Å²) in [5, 5.41) is -0.0881. The lowest BCUT2D eigenvalue weighted by Crippen LogP contribution is -2.32. The molecule has 0 aliphatic heterocycles. The molecule has 4 nitrogen and oxygen atoms in total. The van der Waals surface area contributed by atoms with Crippen molar-refractivity contribution in [2.75, 3.05) is 6.61 Å². The Bertz CT molecular complexity index is 1020. The van der Waals surface area contributed by atoms with Crippen molar-refractivity contribution in [2.24, 2.45) is 22.2 Å². The van der Waals surface area contributed by atoms with E-state index >= 15 is 0 Å². The number of hydrogen-bond acceptors (Lipinski definition) is 3. The van der Waals surface area contributed by atoms with Crippen LogP contribution >= 0.6 is 0 Å². The third-order valence-corrected chi connectivity index (χ3v) is 9.83. The SMILES string of the molecule is C=CC(C)C.CC.CC(C)(C)C(C)(C)C.CC(C)NS(=O)(=O)C1CC1.CC(C)OCC/C=C/C(C)(C)C.CC(C)c1cccc(C(C)C)c1. The van der Waals surface area contributed by atoms with Gasteiger partial charge in [0, 0.05) is 6.04 Å². The van der Waals surface area contributed by atoms with Gasteiger partial charge in [-0.2, -0.15) is 0 Å². The monoisotopic (exact) mass is 710 g/mol. The van der Waals surface area contributed by atoms with Gasteiger partial charge in [-0.3, -0.25) is 0 Å². The number of benzene rings is 1. The highest BCUT2D eigenvalue weighted by Gasteiger charge is 2.35. The topological polar surface area (TPSA) is 55.4 Å². The highest BCUT2D eigenvalue weighted by Crippen LogP contribution is 2.36. The van der Waals surface area contributed by atoms with E-state index in [0.29, 0.717) is 40.1 Å². The van der Waals surface area contributed by atoms with Gasteiger partial charge in [0.2, 0.25) is 10.0 Å². The molecule has 0 radical (unpaired) electrons. The van der Waals surface area contributed by atoms with Crippen LogP contribution < -0.4 is 4.72 Å². The van der Waals surface area contributed by atoms with Gasteiger partial charge in [0.25, 0.3) is 0 Å². The van der Waals surface area contributed by atoms with Crippen molar-refractivity contribution in [2.45, 2.75) is 194 Å². The van der Waals surface area contributed by atoms with Gasteiger partial charge < -0.3 is 4.74 Å². The molecule has 1 fully saturated rings. The van der Waals surface area contributed by atoms with E-state index in [1.807, 2.05) is 33.8 Å². The number of nitrogens with one attached hydrogen (secondary N) is 1. The smallest absolute Gasteiger partial charge is 0.214 e. The number of allylic oxidation sites excluding steroid dienone is 2. The van der Waals surface area contributed by atoms with E-state index in [-0.39, 0.29) is 11.3 Å². The van der Waals surface area contributed by atoms with E-state index in [9.17, 15) is 8.42 Å². The molecular weight excluding hydrogens is 623 g/mol. The largest absolute Gasteiger partial charge is 0.378 e. The minimum Gasteiger partial charge on any atom is -0.378 e. The Labute approximate surface area is 309 Å². The van der Waals surface area contributed by atoms with E-state index in [4.69, 9.17) is 4.74 Å². The van der Waals surface area contributed by atoms with Gasteiger partial charge in [0.1, 0.15) is 0 Å². The molecule has 0 heterocycles. The summed E-state index contributed by atoms with van der Waals surface area (Å²) in [5.74, 6) is 1.93. The maximum absolute atomic E-state index is 11.1. The Hall–Kier alpha value is -1.43. The van der Waals surface area contributed by atoms with Crippen molar-refractivity contribution in [1.82, 2.24) is 4.72 Å². The normalized spacial score (nSPS) is 13.3. The molecule has 1 aliphatic carbocycles. The molecule has 2 rings (SSSR count). The standard InChI is InChI=1S/C12H18.C11H22O.C8H18.C6H13NO2S.C5H10.C2H6/c1-9(2)11-6-5-7-12(8-11)10(3)4;1-10(2)12-9-7-6-8-11(3,4)5;1-7(2,3)8(4,5)6;1-5(2)7-10(8,9)6-3-4-6;1-4-5(2)3;1-2/h5-10H,1-4H3;6,8,10H,7,9H2,1-5H3;1-6H3;5-7H,3-4H2,1-2H3;4-5H,1H2,2-3H3;1-2H3/b;8-6+;;;;. The lowest BCUT2D eigenvalue weighted by molar-refractivity contribution is 0.0825. The number of sulfonamides is 1. The van der Waals surface area contributed by atoms with Crippen LogP contribution in [0.3, 0.4) is 0 Å². The molecule has 0 unspecified atom stereocenters. The summed E-state index contributed by atoms with van der Waals surface area (Å²) >= 11 is 0. The molecule has 292 valence electrons. The Balaban J connectivity index is -0.000000261. The van der Waals surface area contributed by atoms with Gasteiger partial charge in [-0.05, 0) is 92.1 Å². The van der Waals surface area contributed by atoms with Crippen LogP contribution in [0.25, 0.3) is 0 Å². The number of ether oxygens (including phenoxy) is 1. The first-order valence-electron chi connectivity index (χ1n) is 19.1. The molecule has 5 heteroatoms. The van der Waals surface area contributed by atoms with Crippen LogP contribution in [0.4, 0.5) is 0 Å². The second-order valence-electron chi connectivity index (χ2n) is 17.5. The van der Waals surface area contributed by atoms with Crippen LogP contribution in [0.5, 0.6) is 0 Å². The maximum Gasteiger partial charge on any atom is 0.214 e. The summed E-state index contributed by atoms with van der Waals surface area (Å²) in [6.45, 7) is 49.6. The zero-order valence-electron chi connectivity index (χ0n) is 36.7. The third kappa shape index (κ3) is 36.2. The minimum absolute atomic E-state index is 0.0330. The molecule has 0 spiro atoms. The summed E-state index contributed by atoms with van der Waals surface area (Å²) in [6.07, 6.45) is 9.39. The molecule has 1 aromatic carbocycles. The van der Waals surface area contributed by atoms with Crippen LogP contribution in [-0.4, -0.2) is 32.4 Å². The molecular formula is C44H87NO3S. The van der Waals surface area contributed by atoms with Crippen molar-refractivity contribution in [3.8, 4) is 0 Å². The summed E-state index contributed by atoms with van der Waals surface area (Å²) in [4.78, 5) is 0. The molecule has 0 amide bonds. The van der Waals surface area contributed by atoms with Gasteiger partial charge in [-0.15, -0.1) is 6.58 Å². The van der Waals surface area contributed by atoms with Gasteiger partial charge in [-0.25, -0.2) is 13.1 Å². The molecule has 0 bridgehead atoms. The maximum atomic E-state index is 11.1. The van der Waals surface area contributed by atoms with Crippen LogP contribution in [0.2, 0.25) is 0 Å². The summed E-state index contributed by atoms with van der Waals surface area (Å²) < 4.78 is 30.1. The highest BCUT2D eigenvalue weighted by atomic mass is 32.2. The Morgan fingerprint density at radius 1 is 0.796 bits per heavy atom. The molecule has 1 aliphatic rings. The predicted molar refractivity (Wildman–Crippen MR) is 224 cm³/mol. The van der Waals surface area contributed by atoms with Crippen molar-refractivity contribution < 1.29 is 13.2 Å². The fraction of sp³-hybridized carbons (Fsp3) is 0.773. The lowest BCUT2D eigenvalue weighted by Gasteiger charge is -2.34. The van der Waals surface area contributed by atoms with Crippen molar-refractivity contribution in [3.63, 3.8) is 0 Å². The van der Waals surface area contributed by atoms with Gasteiger partial charge in [0.05, 0.1) is 18.0 Å². The minimum atomic E-state index is -2.94. The Kier molecular flexibility index (Phi) is 30.2. The van der Waals surface area contributed by atoms with Gasteiger partial charge >= 0.3 is 0 Å². The Morgan fingerprint density at radius 3 is 1.43 bits per heavy atom. The van der Waals surface area contributed by atoms with Crippen LogP contribution in [-0.2, 0) is 14.8 Å². The van der Waals surface area contributed by atoms with E-state index in [2.05, 4.69) is 165 Å². The van der Waals surface area contributed by atoms with E-state index in [1.54, 1.807) is 0 Å². The van der Waals surface area contributed by atoms with Crippen LogP contribution in [0.1, 0.15) is 188 Å². The van der Waals surface area contributed by atoms with E-state index in [1.165, 1.54) is 11.1 Å². The first kappa shape index (κ1) is 54.3. The highest BCUT2D eigenvalue weighted by molar-refractivity contribution is 7.90. The third-order valence-electron chi connectivity index (χ3n) is 7.68. The molecule has 1 aromatic rings. The summed E-state index contributed by atoms with van der Waals surface area (Å²) in [6, 6.07) is 8.91. The van der Waals surface area contributed by atoms with Crippen molar-refractivity contribution >= 4 is 10.0 Å². The summed E-state index contributed by atoms with van der Waals surface area (Å²) in [7, 11) is -2.94. The average Bonchev–Trinajstić information content (AvgIpc) is 3.80. The zero-order valence-corrected chi connectivity index (χ0v) is 37.5. The first-order valence-corrected chi connectivity index (χ1v) is 20.6. The second-order valence-corrected chi connectivity index (χ2v) is 19.4. The first-order chi connectivity index (χ1) is 22.1. The van der Waals surface area contributed by atoms with Gasteiger partial charge in [-0.1, -0.05) is 160 Å². The van der Waals surface area contributed by atoms with Crippen LogP contribution in [0.15, 0.2) is 49.1 Å². The number of rotatable bonds is 10. The fourth-order valence-corrected chi connectivity index (χ4v) is 4.50. The van der Waals surface area contributed by atoms with E-state index < -0.39 is 10.0 Å². The molecule has 1 saturated carbocycles. The number of hydrogen-bond donors (Lipinski definition) is 1. The Morgan fingerprint density at radius 2 is 1.18 bits per heavy atom. The average molecular weight is 710 g/mol. The van der Waals surface area contributed by atoms with Crippen LogP contribution in [0, 0.1) is 22.2 Å². The quantitative estimate of drug-likeness (QED) is 0.194. The van der Waals surface area contributed by atoms with E-state index in [0.717, 1.165) is 25.9 Å². The molecule has 0 saturated heterocycles. The molecule has 49 heavy (non-hydrogen) atoms. The zero-order chi connectivity index (χ0) is 39.8. The molecule has 1 N–H and O–H groups in total.